The number of carboxylic acid groups (broad SMARTS) is 1. The minimum atomic E-state index is -0.784. The fourth-order valence-corrected chi connectivity index (χ4v) is 2.67. The summed E-state index contributed by atoms with van der Waals surface area (Å²) in [5.41, 5.74) is -0.259. The molecular weight excluding hydrogens is 240 g/mol. The first kappa shape index (κ1) is 16.4. The number of carbonyl (C=O) groups is 1. The summed E-state index contributed by atoms with van der Waals surface area (Å²) >= 11 is 0. The predicted molar refractivity (Wildman–Crippen MR) is 78.4 cm³/mol. The number of nitrogens with one attached hydrogen (secondary N) is 1. The van der Waals surface area contributed by atoms with Crippen molar-refractivity contribution >= 4 is 5.97 Å². The molecule has 0 aromatic rings. The normalized spacial score (nSPS) is 22.9. The van der Waals surface area contributed by atoms with E-state index in [9.17, 15) is 9.90 Å². The summed E-state index contributed by atoms with van der Waals surface area (Å²) in [4.78, 5) is 13.7. The molecule has 4 nitrogen and oxygen atoms in total. The highest BCUT2D eigenvalue weighted by molar-refractivity contribution is 5.78. The second-order valence-corrected chi connectivity index (χ2v) is 6.50. The van der Waals surface area contributed by atoms with Crippen LogP contribution in [0.1, 0.15) is 52.9 Å². The lowest BCUT2D eigenvalue weighted by Crippen LogP contribution is -2.48. The highest BCUT2D eigenvalue weighted by Crippen LogP contribution is 2.33. The molecule has 0 aliphatic carbocycles. The zero-order chi connectivity index (χ0) is 14.5. The van der Waals surface area contributed by atoms with Crippen LogP contribution in [0.15, 0.2) is 0 Å². The number of carboxylic acids is 1. The van der Waals surface area contributed by atoms with Crippen LogP contribution in [0.4, 0.5) is 0 Å². The number of hydrogen-bond acceptors (Lipinski definition) is 3. The van der Waals surface area contributed by atoms with Crippen LogP contribution in [-0.2, 0) is 4.79 Å². The molecule has 0 spiro atoms. The molecule has 1 aliphatic rings. The standard InChI is InChI=1S/C15H30N2O2/c1-5-14(2)8-11-17(12-9-14)10-6-7-15(3,16-4)13(18)19/h16H,5-12H2,1-4H3,(H,18,19). The first-order chi connectivity index (χ1) is 8.85. The predicted octanol–water partition coefficient (Wildman–Crippen LogP) is 2.34. The topological polar surface area (TPSA) is 52.6 Å². The molecule has 112 valence electrons. The van der Waals surface area contributed by atoms with E-state index in [1.54, 1.807) is 14.0 Å². The van der Waals surface area contributed by atoms with Gasteiger partial charge >= 0.3 is 5.97 Å². The Morgan fingerprint density at radius 2 is 2.00 bits per heavy atom. The summed E-state index contributed by atoms with van der Waals surface area (Å²) < 4.78 is 0. The summed E-state index contributed by atoms with van der Waals surface area (Å²) in [7, 11) is 1.72. The zero-order valence-electron chi connectivity index (χ0n) is 13.0. The molecular formula is C15H30N2O2. The Morgan fingerprint density at radius 3 is 2.42 bits per heavy atom. The lowest BCUT2D eigenvalue weighted by Gasteiger charge is -2.39. The van der Waals surface area contributed by atoms with Crippen LogP contribution in [0, 0.1) is 5.41 Å². The number of likely N-dealkylation sites (tertiary alicyclic amines) is 1. The molecule has 1 fully saturated rings. The maximum atomic E-state index is 11.2. The van der Waals surface area contributed by atoms with Gasteiger partial charge in [0.1, 0.15) is 5.54 Å². The van der Waals surface area contributed by atoms with Gasteiger partial charge in [-0.1, -0.05) is 20.3 Å². The Labute approximate surface area is 117 Å². The Kier molecular flexibility index (Phi) is 5.81. The van der Waals surface area contributed by atoms with Gasteiger partial charge in [-0.3, -0.25) is 4.79 Å². The van der Waals surface area contributed by atoms with Crippen LogP contribution >= 0.6 is 0 Å². The summed E-state index contributed by atoms with van der Waals surface area (Å²) in [6.45, 7) is 9.76. The maximum Gasteiger partial charge on any atom is 0.323 e. The smallest absolute Gasteiger partial charge is 0.323 e. The summed E-state index contributed by atoms with van der Waals surface area (Å²) in [5, 5.41) is 12.1. The molecule has 1 heterocycles. The fourth-order valence-electron chi connectivity index (χ4n) is 2.67. The van der Waals surface area contributed by atoms with E-state index in [1.807, 2.05) is 0 Å². The second-order valence-electron chi connectivity index (χ2n) is 6.50. The third-order valence-corrected chi connectivity index (χ3v) is 5.09. The van der Waals surface area contributed by atoms with Crippen molar-refractivity contribution in [1.29, 1.82) is 0 Å². The van der Waals surface area contributed by atoms with Crippen LogP contribution in [0.5, 0.6) is 0 Å². The third-order valence-electron chi connectivity index (χ3n) is 5.09. The van der Waals surface area contributed by atoms with Gasteiger partial charge in [0.25, 0.3) is 0 Å². The van der Waals surface area contributed by atoms with Crippen molar-refractivity contribution in [3.05, 3.63) is 0 Å². The van der Waals surface area contributed by atoms with E-state index in [4.69, 9.17) is 0 Å². The molecule has 0 amide bonds. The minimum Gasteiger partial charge on any atom is -0.480 e. The first-order valence-corrected chi connectivity index (χ1v) is 7.50. The highest BCUT2D eigenvalue weighted by atomic mass is 16.4. The maximum absolute atomic E-state index is 11.2. The Balaban J connectivity index is 2.30. The van der Waals surface area contributed by atoms with Crippen molar-refractivity contribution in [2.45, 2.75) is 58.4 Å². The van der Waals surface area contributed by atoms with Gasteiger partial charge in [-0.15, -0.1) is 0 Å². The van der Waals surface area contributed by atoms with Crippen LogP contribution in [0.25, 0.3) is 0 Å². The molecule has 1 aliphatic heterocycles. The van der Waals surface area contributed by atoms with Crippen LogP contribution in [0.3, 0.4) is 0 Å². The monoisotopic (exact) mass is 270 g/mol. The van der Waals surface area contributed by atoms with Crippen LogP contribution in [0.2, 0.25) is 0 Å². The number of likely N-dealkylation sites (N-methyl/N-ethyl adjacent to an activating group) is 1. The number of rotatable bonds is 7. The van der Waals surface area contributed by atoms with E-state index in [2.05, 4.69) is 24.1 Å². The zero-order valence-corrected chi connectivity index (χ0v) is 13.0. The van der Waals surface area contributed by atoms with Gasteiger partial charge in [0, 0.05) is 0 Å². The van der Waals surface area contributed by atoms with Crippen LogP contribution < -0.4 is 5.32 Å². The van der Waals surface area contributed by atoms with Gasteiger partial charge in [-0.25, -0.2) is 0 Å². The van der Waals surface area contributed by atoms with E-state index in [1.165, 1.54) is 19.3 Å². The largest absolute Gasteiger partial charge is 0.480 e. The number of piperidine rings is 1. The van der Waals surface area contributed by atoms with E-state index in [0.29, 0.717) is 11.8 Å². The molecule has 0 saturated carbocycles. The van der Waals surface area contributed by atoms with E-state index in [-0.39, 0.29) is 0 Å². The summed E-state index contributed by atoms with van der Waals surface area (Å²) in [6, 6.07) is 0. The number of hydrogen-bond donors (Lipinski definition) is 2. The highest BCUT2D eigenvalue weighted by Gasteiger charge is 2.31. The van der Waals surface area contributed by atoms with Crippen molar-refractivity contribution < 1.29 is 9.90 Å². The van der Waals surface area contributed by atoms with Crippen molar-refractivity contribution in [3.8, 4) is 0 Å². The lowest BCUT2D eigenvalue weighted by atomic mass is 9.78. The molecule has 0 aromatic carbocycles. The third kappa shape index (κ3) is 4.46. The number of aliphatic carboxylic acids is 1. The van der Waals surface area contributed by atoms with Crippen molar-refractivity contribution in [2.75, 3.05) is 26.7 Å². The quantitative estimate of drug-likeness (QED) is 0.745. The average molecular weight is 270 g/mol. The molecule has 1 rings (SSSR count). The SMILES string of the molecule is CCC1(C)CCN(CCCC(C)(NC)C(=O)O)CC1. The number of nitrogens with zero attached hydrogens (tertiary/aromatic N) is 1. The molecule has 0 bridgehead atoms. The van der Waals surface area contributed by atoms with Gasteiger partial charge in [-0.2, -0.15) is 0 Å². The van der Waals surface area contributed by atoms with E-state index < -0.39 is 11.5 Å². The fraction of sp³-hybridized carbons (Fsp3) is 0.933. The minimum absolute atomic E-state index is 0.525. The van der Waals surface area contributed by atoms with Gasteiger partial charge in [0.05, 0.1) is 0 Å². The molecule has 1 unspecified atom stereocenters. The first-order valence-electron chi connectivity index (χ1n) is 7.50. The van der Waals surface area contributed by atoms with E-state index >= 15 is 0 Å². The van der Waals surface area contributed by atoms with Gasteiger partial charge in [0.2, 0.25) is 0 Å². The molecule has 1 atom stereocenters. The van der Waals surface area contributed by atoms with Crippen molar-refractivity contribution in [1.82, 2.24) is 10.2 Å². The van der Waals surface area contributed by atoms with E-state index in [0.717, 1.165) is 26.1 Å². The molecule has 1 saturated heterocycles. The van der Waals surface area contributed by atoms with Gasteiger partial charge < -0.3 is 15.3 Å². The lowest BCUT2D eigenvalue weighted by molar-refractivity contribution is -0.144. The average Bonchev–Trinajstić information content (AvgIpc) is 2.40. The molecule has 2 N–H and O–H groups in total. The van der Waals surface area contributed by atoms with Gasteiger partial charge in [-0.05, 0) is 64.7 Å². The van der Waals surface area contributed by atoms with Crippen LogP contribution in [-0.4, -0.2) is 48.2 Å². The molecule has 19 heavy (non-hydrogen) atoms. The summed E-state index contributed by atoms with van der Waals surface area (Å²) in [6.07, 6.45) is 5.42. The Bertz CT molecular complexity index is 299. The molecule has 0 radical (unpaired) electrons. The second kappa shape index (κ2) is 6.71. The Hall–Kier alpha value is -0.610. The van der Waals surface area contributed by atoms with Gasteiger partial charge in [0.15, 0.2) is 0 Å². The Morgan fingerprint density at radius 1 is 1.42 bits per heavy atom. The van der Waals surface area contributed by atoms with Crippen molar-refractivity contribution in [2.24, 2.45) is 5.41 Å². The molecule has 4 heteroatoms. The molecule has 0 aromatic heterocycles. The summed E-state index contributed by atoms with van der Waals surface area (Å²) in [5.74, 6) is -0.757. The van der Waals surface area contributed by atoms with Crippen molar-refractivity contribution in [3.63, 3.8) is 0 Å².